The van der Waals surface area contributed by atoms with Gasteiger partial charge >= 0.3 is 6.03 Å². The van der Waals surface area contributed by atoms with Crippen LogP contribution in [0.5, 0.6) is 0 Å². The normalized spacial score (nSPS) is 22.0. The van der Waals surface area contributed by atoms with Crippen LogP contribution in [0.2, 0.25) is 0 Å². The molecule has 1 heterocycles. The third-order valence-corrected chi connectivity index (χ3v) is 5.08. The number of nitrogens with one attached hydrogen (secondary N) is 2. The highest BCUT2D eigenvalue weighted by molar-refractivity contribution is 6.09. The van der Waals surface area contributed by atoms with Gasteiger partial charge in [0, 0.05) is 13.0 Å². The van der Waals surface area contributed by atoms with Gasteiger partial charge in [0.1, 0.15) is 12.1 Å². The maximum Gasteiger partial charge on any atom is 0.325 e. The molecule has 2 aliphatic rings. The molecular weight excluding hydrogens is 318 g/mol. The maximum absolute atomic E-state index is 12.9. The van der Waals surface area contributed by atoms with Gasteiger partial charge in [0.25, 0.3) is 5.91 Å². The van der Waals surface area contributed by atoms with Crippen LogP contribution in [0.15, 0.2) is 24.3 Å². The molecule has 1 saturated heterocycles. The van der Waals surface area contributed by atoms with Gasteiger partial charge in [0.05, 0.1) is 0 Å². The summed E-state index contributed by atoms with van der Waals surface area (Å²) in [6.45, 7) is 2.46. The summed E-state index contributed by atoms with van der Waals surface area (Å²) < 4.78 is 0. The lowest BCUT2D eigenvalue weighted by Crippen LogP contribution is -2.51. The summed E-state index contributed by atoms with van der Waals surface area (Å²) >= 11 is 0. The van der Waals surface area contributed by atoms with Crippen molar-refractivity contribution in [1.82, 2.24) is 15.5 Å². The minimum atomic E-state index is -0.895. The first kappa shape index (κ1) is 17.5. The van der Waals surface area contributed by atoms with E-state index in [2.05, 4.69) is 23.6 Å². The number of rotatable bonds is 6. The number of amides is 4. The van der Waals surface area contributed by atoms with Gasteiger partial charge in [-0.05, 0) is 30.4 Å². The molecule has 4 amide bonds. The van der Waals surface area contributed by atoms with E-state index in [-0.39, 0.29) is 18.4 Å². The molecule has 1 aromatic rings. The number of nitrogens with zero attached hydrogens (tertiary/aromatic N) is 1. The van der Waals surface area contributed by atoms with E-state index in [4.69, 9.17) is 0 Å². The molecule has 1 aromatic carbocycles. The van der Waals surface area contributed by atoms with Gasteiger partial charge in [0.2, 0.25) is 5.91 Å². The Morgan fingerprint density at radius 1 is 1.24 bits per heavy atom. The average Bonchev–Trinajstić information content (AvgIpc) is 2.83. The highest BCUT2D eigenvalue weighted by Crippen LogP contribution is 2.33. The van der Waals surface area contributed by atoms with E-state index in [0.717, 1.165) is 36.1 Å². The van der Waals surface area contributed by atoms with Crippen molar-refractivity contribution in [2.45, 2.75) is 51.0 Å². The van der Waals surface area contributed by atoms with Crippen LogP contribution in [0.4, 0.5) is 4.79 Å². The topological polar surface area (TPSA) is 78.5 Å². The number of hydrogen-bond donors (Lipinski definition) is 2. The fourth-order valence-electron chi connectivity index (χ4n) is 3.65. The number of imide groups is 1. The van der Waals surface area contributed by atoms with E-state index in [1.165, 1.54) is 5.56 Å². The molecule has 6 heteroatoms. The third-order valence-electron chi connectivity index (χ3n) is 5.08. The highest BCUT2D eigenvalue weighted by Gasteiger charge is 2.52. The molecular formula is C19H25N3O3. The molecule has 134 valence electrons. The van der Waals surface area contributed by atoms with Crippen molar-refractivity contribution in [2.75, 3.05) is 13.1 Å². The van der Waals surface area contributed by atoms with Gasteiger partial charge in [-0.2, -0.15) is 0 Å². The van der Waals surface area contributed by atoms with Crippen molar-refractivity contribution in [2.24, 2.45) is 0 Å². The highest BCUT2D eigenvalue weighted by atomic mass is 16.2. The first-order valence-corrected chi connectivity index (χ1v) is 9.03. The molecule has 1 unspecified atom stereocenters. The van der Waals surface area contributed by atoms with Gasteiger partial charge in [-0.1, -0.05) is 44.0 Å². The molecule has 1 spiro atoms. The van der Waals surface area contributed by atoms with Gasteiger partial charge in [-0.25, -0.2) is 4.79 Å². The SMILES string of the molecule is CCCCCNC(=O)CN1C(=O)NC2(CCc3ccccc3C2)C1=O. The Balaban J connectivity index is 1.64. The standard InChI is InChI=1S/C19H25N3O3/c1-2-3-6-11-20-16(23)13-22-17(24)19(21-18(22)25)10-9-14-7-4-5-8-15(14)12-19/h4-5,7-8H,2-3,6,9-13H2,1H3,(H,20,23)(H,21,25). The van der Waals surface area contributed by atoms with E-state index in [1.54, 1.807) is 0 Å². The van der Waals surface area contributed by atoms with Crippen molar-refractivity contribution in [3.8, 4) is 0 Å². The summed E-state index contributed by atoms with van der Waals surface area (Å²) in [6.07, 6.45) is 4.84. The first-order chi connectivity index (χ1) is 12.1. The van der Waals surface area contributed by atoms with Gasteiger partial charge in [-0.3, -0.25) is 14.5 Å². The Morgan fingerprint density at radius 2 is 2.00 bits per heavy atom. The zero-order valence-corrected chi connectivity index (χ0v) is 14.6. The summed E-state index contributed by atoms with van der Waals surface area (Å²) in [7, 11) is 0. The average molecular weight is 343 g/mol. The number of hydrogen-bond acceptors (Lipinski definition) is 3. The number of carbonyl (C=O) groups excluding carboxylic acids is 3. The van der Waals surface area contributed by atoms with Gasteiger partial charge in [-0.15, -0.1) is 0 Å². The van der Waals surface area contributed by atoms with Crippen molar-refractivity contribution in [3.63, 3.8) is 0 Å². The lowest BCUT2D eigenvalue weighted by Gasteiger charge is -2.32. The van der Waals surface area contributed by atoms with Crippen LogP contribution in [-0.2, 0) is 22.4 Å². The van der Waals surface area contributed by atoms with E-state index in [0.29, 0.717) is 19.4 Å². The number of carbonyl (C=O) groups is 3. The molecule has 1 atom stereocenters. The second-order valence-electron chi connectivity index (χ2n) is 6.91. The third kappa shape index (κ3) is 3.52. The van der Waals surface area contributed by atoms with E-state index in [9.17, 15) is 14.4 Å². The largest absolute Gasteiger partial charge is 0.355 e. The fraction of sp³-hybridized carbons (Fsp3) is 0.526. The number of unbranched alkanes of at least 4 members (excludes halogenated alkanes) is 2. The Hall–Kier alpha value is -2.37. The van der Waals surface area contributed by atoms with E-state index >= 15 is 0 Å². The van der Waals surface area contributed by atoms with Crippen LogP contribution in [-0.4, -0.2) is 41.4 Å². The zero-order valence-electron chi connectivity index (χ0n) is 14.6. The molecule has 0 aromatic heterocycles. The monoisotopic (exact) mass is 343 g/mol. The second-order valence-corrected chi connectivity index (χ2v) is 6.91. The smallest absolute Gasteiger partial charge is 0.325 e. The first-order valence-electron chi connectivity index (χ1n) is 9.03. The number of urea groups is 1. The van der Waals surface area contributed by atoms with Crippen molar-refractivity contribution >= 4 is 17.8 Å². The minimum Gasteiger partial charge on any atom is -0.355 e. The molecule has 3 rings (SSSR count). The van der Waals surface area contributed by atoms with Crippen molar-refractivity contribution in [1.29, 1.82) is 0 Å². The summed E-state index contributed by atoms with van der Waals surface area (Å²) in [5.74, 6) is -0.566. The molecule has 0 radical (unpaired) electrons. The molecule has 0 saturated carbocycles. The lowest BCUT2D eigenvalue weighted by molar-refractivity contribution is -0.135. The Morgan fingerprint density at radius 3 is 2.76 bits per heavy atom. The van der Waals surface area contributed by atoms with E-state index < -0.39 is 11.6 Å². The molecule has 2 N–H and O–H groups in total. The summed E-state index contributed by atoms with van der Waals surface area (Å²) in [6, 6.07) is 7.53. The predicted octanol–water partition coefficient (Wildman–Crippen LogP) is 1.77. The van der Waals surface area contributed by atoms with E-state index in [1.807, 2.05) is 18.2 Å². The fourth-order valence-corrected chi connectivity index (χ4v) is 3.65. The van der Waals surface area contributed by atoms with Gasteiger partial charge in [0.15, 0.2) is 0 Å². The molecule has 0 bridgehead atoms. The summed E-state index contributed by atoms with van der Waals surface area (Å²) in [4.78, 5) is 38.3. The van der Waals surface area contributed by atoms with Crippen LogP contribution in [0.1, 0.15) is 43.7 Å². The molecule has 25 heavy (non-hydrogen) atoms. The number of fused-ring (bicyclic) bond motifs is 1. The maximum atomic E-state index is 12.9. The number of benzene rings is 1. The molecule has 1 fully saturated rings. The van der Waals surface area contributed by atoms with Crippen molar-refractivity contribution < 1.29 is 14.4 Å². The Bertz CT molecular complexity index is 688. The Labute approximate surface area is 148 Å². The summed E-state index contributed by atoms with van der Waals surface area (Å²) in [5.41, 5.74) is 1.42. The van der Waals surface area contributed by atoms with Gasteiger partial charge < -0.3 is 10.6 Å². The number of aryl methyl sites for hydroxylation is 1. The zero-order chi connectivity index (χ0) is 17.9. The quantitative estimate of drug-likeness (QED) is 0.610. The van der Waals surface area contributed by atoms with Crippen LogP contribution < -0.4 is 10.6 Å². The minimum absolute atomic E-state index is 0.208. The summed E-state index contributed by atoms with van der Waals surface area (Å²) in [5, 5.41) is 5.63. The van der Waals surface area contributed by atoms with Crippen LogP contribution in [0, 0.1) is 0 Å². The van der Waals surface area contributed by atoms with Crippen LogP contribution in [0.3, 0.4) is 0 Å². The predicted molar refractivity (Wildman–Crippen MR) is 94.0 cm³/mol. The molecule has 6 nitrogen and oxygen atoms in total. The van der Waals surface area contributed by atoms with Crippen LogP contribution >= 0.6 is 0 Å². The Kier molecular flexibility index (Phi) is 5.06. The van der Waals surface area contributed by atoms with Crippen LogP contribution in [0.25, 0.3) is 0 Å². The second kappa shape index (κ2) is 7.25. The molecule has 1 aliphatic carbocycles. The molecule has 1 aliphatic heterocycles. The van der Waals surface area contributed by atoms with Crippen molar-refractivity contribution in [3.05, 3.63) is 35.4 Å². The lowest BCUT2D eigenvalue weighted by atomic mass is 9.78.